The van der Waals surface area contributed by atoms with Crippen molar-refractivity contribution in [1.29, 1.82) is 5.26 Å². The van der Waals surface area contributed by atoms with Crippen molar-refractivity contribution in [2.75, 3.05) is 0 Å². The van der Waals surface area contributed by atoms with Crippen molar-refractivity contribution in [2.45, 2.75) is 6.82 Å². The third kappa shape index (κ3) is 3.90. The standard InChI is InChI=1S/C2H3BNS/c1-3-5-2-4/h1H3. The second-order valence-corrected chi connectivity index (χ2v) is 1.33. The molecule has 0 atom stereocenters. The molecular formula is C2H3BNS. The lowest BCUT2D eigenvalue weighted by atomic mass is 10.2. The Morgan fingerprint density at radius 2 is 2.60 bits per heavy atom. The van der Waals surface area contributed by atoms with Crippen LogP contribution < -0.4 is 0 Å². The van der Waals surface area contributed by atoms with Crippen molar-refractivity contribution in [1.82, 2.24) is 0 Å². The van der Waals surface area contributed by atoms with Crippen LogP contribution in [0.1, 0.15) is 0 Å². The molecule has 0 aliphatic heterocycles. The van der Waals surface area contributed by atoms with Crippen molar-refractivity contribution in [2.24, 2.45) is 0 Å². The summed E-state index contributed by atoms with van der Waals surface area (Å²) in [5.41, 5.74) is 0. The highest BCUT2D eigenvalue weighted by Gasteiger charge is 1.70. The van der Waals surface area contributed by atoms with E-state index in [-0.39, 0.29) is 0 Å². The van der Waals surface area contributed by atoms with Crippen LogP contribution in [0.2, 0.25) is 6.82 Å². The van der Waals surface area contributed by atoms with E-state index in [9.17, 15) is 0 Å². The second kappa shape index (κ2) is 3.90. The molecule has 0 aromatic rings. The van der Waals surface area contributed by atoms with Crippen LogP contribution >= 0.6 is 11.6 Å². The Morgan fingerprint density at radius 3 is 2.60 bits per heavy atom. The predicted molar refractivity (Wildman–Crippen MR) is 24.8 cm³/mol. The van der Waals surface area contributed by atoms with E-state index >= 15 is 0 Å². The maximum absolute atomic E-state index is 7.75. The van der Waals surface area contributed by atoms with Gasteiger partial charge in [0.2, 0.25) is 6.56 Å². The Bertz CT molecular complexity index is 48.1. The van der Waals surface area contributed by atoms with Gasteiger partial charge in [-0.15, -0.1) is 11.6 Å². The van der Waals surface area contributed by atoms with Gasteiger partial charge in [0.05, 0.1) is 0 Å². The van der Waals surface area contributed by atoms with Gasteiger partial charge in [0.25, 0.3) is 0 Å². The van der Waals surface area contributed by atoms with E-state index in [1.54, 1.807) is 6.56 Å². The Labute approximate surface area is 36.5 Å². The molecule has 0 N–H and O–H groups in total. The van der Waals surface area contributed by atoms with Crippen LogP contribution in [0.5, 0.6) is 0 Å². The van der Waals surface area contributed by atoms with E-state index in [4.69, 9.17) is 5.26 Å². The van der Waals surface area contributed by atoms with Crippen LogP contribution in [-0.2, 0) is 0 Å². The predicted octanol–water partition coefficient (Wildman–Crippen LogP) is 0.868. The molecule has 0 saturated heterocycles. The van der Waals surface area contributed by atoms with E-state index in [2.05, 4.69) is 0 Å². The SMILES string of the molecule is C[B]SC#N. The molecule has 0 amide bonds. The average Bonchev–Trinajstić information content (AvgIpc) is 1.41. The molecule has 0 aromatic heterocycles. The van der Waals surface area contributed by atoms with Crippen LogP contribution in [0.25, 0.3) is 0 Å². The number of rotatable bonds is 1. The van der Waals surface area contributed by atoms with Gasteiger partial charge in [0.15, 0.2) is 0 Å². The zero-order chi connectivity index (χ0) is 4.12. The quantitative estimate of drug-likeness (QED) is 0.347. The molecule has 0 heterocycles. The largest absolute Gasteiger partial charge is 0.209 e. The highest BCUT2D eigenvalue weighted by Crippen LogP contribution is 1.86. The van der Waals surface area contributed by atoms with E-state index in [1.165, 1.54) is 0 Å². The van der Waals surface area contributed by atoms with Gasteiger partial charge in [-0.1, -0.05) is 6.82 Å². The second-order valence-electron chi connectivity index (χ2n) is 0.445. The monoisotopic (exact) mass is 84.0 g/mol. The molecule has 0 aliphatic carbocycles. The number of nitrogens with zero attached hydrogens (tertiary/aromatic N) is 1. The lowest BCUT2D eigenvalue weighted by Gasteiger charge is -1.62. The summed E-state index contributed by atoms with van der Waals surface area (Å²) in [5, 5.41) is 9.63. The molecule has 25 valence electrons. The summed E-state index contributed by atoms with van der Waals surface area (Å²) >= 11 is 1.14. The molecule has 1 nitrogen and oxygen atoms in total. The van der Waals surface area contributed by atoms with E-state index in [0.29, 0.717) is 0 Å². The van der Waals surface area contributed by atoms with Gasteiger partial charge < -0.3 is 0 Å². The molecule has 0 aromatic carbocycles. The molecule has 0 bridgehead atoms. The summed E-state index contributed by atoms with van der Waals surface area (Å²) in [6.45, 7) is 3.56. The Hall–Kier alpha value is -0.0951. The molecule has 0 spiro atoms. The van der Waals surface area contributed by atoms with E-state index in [0.717, 1.165) is 11.6 Å². The molecule has 0 rings (SSSR count). The van der Waals surface area contributed by atoms with Crippen molar-refractivity contribution in [3.8, 4) is 5.40 Å². The third-order valence-electron chi connectivity index (χ3n) is 0.171. The van der Waals surface area contributed by atoms with Crippen LogP contribution in [0.3, 0.4) is 0 Å². The fourth-order valence-electron chi connectivity index (χ4n) is 0.0527. The summed E-state index contributed by atoms with van der Waals surface area (Å²) in [4.78, 5) is 0. The van der Waals surface area contributed by atoms with Crippen LogP contribution in [0, 0.1) is 10.7 Å². The number of nitriles is 1. The van der Waals surface area contributed by atoms with Gasteiger partial charge in [-0.25, -0.2) is 0 Å². The maximum Gasteiger partial charge on any atom is 0.209 e. The first-order valence-electron chi connectivity index (χ1n) is 1.24. The summed E-state index contributed by atoms with van der Waals surface area (Å²) in [6, 6.07) is 0. The first-order chi connectivity index (χ1) is 2.41. The van der Waals surface area contributed by atoms with Gasteiger partial charge in [-0.3, -0.25) is 0 Å². The summed E-state index contributed by atoms with van der Waals surface area (Å²) < 4.78 is 0. The highest BCUT2D eigenvalue weighted by molar-refractivity contribution is 8.25. The minimum absolute atomic E-state index is 1.14. The van der Waals surface area contributed by atoms with Gasteiger partial charge in [0.1, 0.15) is 5.40 Å². The Kier molecular flexibility index (Phi) is 3.83. The number of thiocyanates is 1. The van der Waals surface area contributed by atoms with Crippen LogP contribution in [0.4, 0.5) is 0 Å². The summed E-state index contributed by atoms with van der Waals surface area (Å²) in [6.07, 6.45) is 0. The van der Waals surface area contributed by atoms with E-state index in [1.807, 2.05) is 12.2 Å². The average molecular weight is 83.9 g/mol. The van der Waals surface area contributed by atoms with Gasteiger partial charge in [0, 0.05) is 0 Å². The highest BCUT2D eigenvalue weighted by atomic mass is 32.2. The van der Waals surface area contributed by atoms with Crippen molar-refractivity contribution >= 4 is 18.2 Å². The lowest BCUT2D eigenvalue weighted by Crippen LogP contribution is -1.59. The Morgan fingerprint density at radius 1 is 2.00 bits per heavy atom. The normalized spacial score (nSPS) is 5.60. The zero-order valence-electron chi connectivity index (χ0n) is 2.93. The minimum Gasteiger partial charge on any atom is -0.186 e. The van der Waals surface area contributed by atoms with Gasteiger partial charge >= 0.3 is 0 Å². The first kappa shape index (κ1) is 4.90. The Balaban J connectivity index is 2.48. The lowest BCUT2D eigenvalue weighted by molar-refractivity contribution is 1.57. The maximum atomic E-state index is 7.75. The molecule has 0 unspecified atom stereocenters. The molecule has 3 heteroatoms. The van der Waals surface area contributed by atoms with E-state index < -0.39 is 0 Å². The van der Waals surface area contributed by atoms with Gasteiger partial charge in [-0.2, -0.15) is 5.26 Å². The van der Waals surface area contributed by atoms with Crippen molar-refractivity contribution in [3.63, 3.8) is 0 Å². The number of hydrogen-bond donors (Lipinski definition) is 0. The van der Waals surface area contributed by atoms with Gasteiger partial charge in [-0.05, 0) is 0 Å². The summed E-state index contributed by atoms with van der Waals surface area (Å²) in [7, 11) is 0. The molecular weight excluding hydrogens is 80.9 g/mol. The molecule has 5 heavy (non-hydrogen) atoms. The van der Waals surface area contributed by atoms with Crippen molar-refractivity contribution in [3.05, 3.63) is 0 Å². The molecule has 0 fully saturated rings. The molecule has 1 radical (unpaired) electrons. The minimum atomic E-state index is 1.14. The summed E-state index contributed by atoms with van der Waals surface area (Å²) in [5.74, 6) is 0. The zero-order valence-corrected chi connectivity index (χ0v) is 3.75. The third-order valence-corrected chi connectivity index (χ3v) is 0.512. The smallest absolute Gasteiger partial charge is 0.186 e. The topological polar surface area (TPSA) is 23.8 Å². The van der Waals surface area contributed by atoms with Crippen LogP contribution in [-0.4, -0.2) is 6.56 Å². The molecule has 0 aliphatic rings. The van der Waals surface area contributed by atoms with Crippen LogP contribution in [0.15, 0.2) is 0 Å². The first-order valence-corrected chi connectivity index (χ1v) is 2.12. The van der Waals surface area contributed by atoms with Crippen molar-refractivity contribution < 1.29 is 0 Å². The fourth-order valence-corrected chi connectivity index (χ4v) is 0.158. The number of hydrogen-bond acceptors (Lipinski definition) is 2. The fraction of sp³-hybridized carbons (Fsp3) is 0.500. The molecule has 0 saturated carbocycles.